The fourth-order valence-corrected chi connectivity index (χ4v) is 4.45. The Morgan fingerprint density at radius 2 is 2.04 bits per heavy atom. The number of likely N-dealkylation sites (tertiary alicyclic amines) is 1. The maximum atomic E-state index is 12.5. The van der Waals surface area contributed by atoms with Crippen LogP contribution in [0.1, 0.15) is 72.7 Å². The quantitative estimate of drug-likeness (QED) is 0.821. The molecule has 6 heteroatoms. The third-order valence-electron chi connectivity index (χ3n) is 5.93. The van der Waals surface area contributed by atoms with Gasteiger partial charge in [-0.1, -0.05) is 36.6 Å². The molecule has 2 heterocycles. The van der Waals surface area contributed by atoms with Gasteiger partial charge in [-0.05, 0) is 49.9 Å². The maximum Gasteiger partial charge on any atom is 0.290 e. The van der Waals surface area contributed by atoms with Gasteiger partial charge < -0.3 is 14.9 Å². The topological polar surface area (TPSA) is 78.6 Å². The molecule has 2 aliphatic rings. The summed E-state index contributed by atoms with van der Waals surface area (Å²) in [6.45, 7) is 2.71. The number of amides is 1. The zero-order chi connectivity index (χ0) is 19.3. The number of phenolic OH excluding ortho intramolecular Hbond substituents is 1. The summed E-state index contributed by atoms with van der Waals surface area (Å²) in [5.41, 5.74) is 1.97. The van der Waals surface area contributed by atoms with Crippen molar-refractivity contribution < 1.29 is 14.4 Å². The minimum atomic E-state index is -0.141. The Bertz CT molecular complexity index is 798. The molecule has 1 amide bonds. The molecule has 0 unspecified atom stereocenters. The van der Waals surface area contributed by atoms with E-state index in [9.17, 15) is 9.90 Å². The van der Waals surface area contributed by atoms with Gasteiger partial charge in [-0.25, -0.2) is 0 Å². The van der Waals surface area contributed by atoms with Crippen LogP contribution in [0.25, 0.3) is 0 Å². The van der Waals surface area contributed by atoms with Crippen LogP contribution in [0.3, 0.4) is 0 Å². The highest BCUT2D eigenvalue weighted by Gasteiger charge is 2.26. The number of piperidine rings is 1. The zero-order valence-corrected chi connectivity index (χ0v) is 16.3. The average molecular weight is 383 g/mol. The molecule has 4 rings (SSSR count). The molecule has 150 valence electrons. The number of aromatic nitrogens is 1. The molecule has 2 aromatic rings. The highest BCUT2D eigenvalue weighted by Crippen LogP contribution is 2.28. The van der Waals surface area contributed by atoms with Crippen molar-refractivity contribution in [3.8, 4) is 5.75 Å². The number of nitrogens with zero attached hydrogens (tertiary/aromatic N) is 2. The van der Waals surface area contributed by atoms with Gasteiger partial charge >= 0.3 is 0 Å². The molecule has 1 aromatic carbocycles. The van der Waals surface area contributed by atoms with Crippen LogP contribution in [0.2, 0.25) is 0 Å². The van der Waals surface area contributed by atoms with Crippen LogP contribution in [-0.4, -0.2) is 40.2 Å². The number of hydrogen-bond acceptors (Lipinski definition) is 5. The van der Waals surface area contributed by atoms with Crippen molar-refractivity contribution >= 4 is 5.91 Å². The molecular weight excluding hydrogens is 354 g/mol. The van der Waals surface area contributed by atoms with Gasteiger partial charge in [0, 0.05) is 31.1 Å². The summed E-state index contributed by atoms with van der Waals surface area (Å²) in [4.78, 5) is 14.8. The number of aromatic hydroxyl groups is 1. The molecule has 28 heavy (non-hydrogen) atoms. The fourth-order valence-electron chi connectivity index (χ4n) is 4.45. The van der Waals surface area contributed by atoms with Crippen molar-refractivity contribution in [1.29, 1.82) is 0 Å². The van der Waals surface area contributed by atoms with E-state index >= 15 is 0 Å². The number of phenols is 1. The van der Waals surface area contributed by atoms with E-state index in [-0.39, 0.29) is 17.9 Å². The number of carbonyl (C=O) groups excluding carboxylic acids is 1. The molecule has 0 bridgehead atoms. The molecule has 1 saturated heterocycles. The molecule has 2 N–H and O–H groups in total. The minimum Gasteiger partial charge on any atom is -0.508 e. The second-order valence-electron chi connectivity index (χ2n) is 8.17. The SMILES string of the molecule is O=C(NC1CCCCC1)c1cc([C@H]2CCCN(Cc3cccc(O)c3)C2)no1. The Balaban J connectivity index is 1.35. The van der Waals surface area contributed by atoms with E-state index < -0.39 is 0 Å². The highest BCUT2D eigenvalue weighted by atomic mass is 16.5. The van der Waals surface area contributed by atoms with Crippen molar-refractivity contribution in [3.05, 3.63) is 47.3 Å². The van der Waals surface area contributed by atoms with Crippen LogP contribution in [0.4, 0.5) is 0 Å². The van der Waals surface area contributed by atoms with E-state index in [1.54, 1.807) is 6.07 Å². The standard InChI is InChI=1S/C22H29N3O3/c26-19-10-4-6-16(12-19)14-25-11-5-7-17(15-25)20-13-21(28-24-20)22(27)23-18-8-2-1-3-9-18/h4,6,10,12-13,17-18,26H,1-3,5,7-9,11,14-15H2,(H,23,27)/t17-/m0/s1. The molecule has 2 fully saturated rings. The molecule has 0 spiro atoms. The Morgan fingerprint density at radius 3 is 2.86 bits per heavy atom. The Hall–Kier alpha value is -2.34. The van der Waals surface area contributed by atoms with E-state index in [1.165, 1.54) is 19.3 Å². The van der Waals surface area contributed by atoms with E-state index in [0.717, 1.165) is 56.6 Å². The van der Waals surface area contributed by atoms with Crippen LogP contribution in [-0.2, 0) is 6.54 Å². The predicted molar refractivity (Wildman–Crippen MR) is 106 cm³/mol. The molecular formula is C22H29N3O3. The smallest absolute Gasteiger partial charge is 0.290 e. The third-order valence-corrected chi connectivity index (χ3v) is 5.93. The first-order valence-electron chi connectivity index (χ1n) is 10.4. The van der Waals surface area contributed by atoms with Gasteiger partial charge in [0.05, 0.1) is 5.69 Å². The summed E-state index contributed by atoms with van der Waals surface area (Å²) >= 11 is 0. The van der Waals surface area contributed by atoms with E-state index in [1.807, 2.05) is 24.3 Å². The van der Waals surface area contributed by atoms with Crippen LogP contribution < -0.4 is 5.32 Å². The molecule has 0 radical (unpaired) electrons. The first kappa shape index (κ1) is 19.0. The highest BCUT2D eigenvalue weighted by molar-refractivity contribution is 5.91. The molecule has 1 aromatic heterocycles. The van der Waals surface area contributed by atoms with Crippen LogP contribution in [0.15, 0.2) is 34.9 Å². The normalized spacial score (nSPS) is 21.5. The van der Waals surface area contributed by atoms with Crippen molar-refractivity contribution in [2.75, 3.05) is 13.1 Å². The summed E-state index contributed by atoms with van der Waals surface area (Å²) in [7, 11) is 0. The van der Waals surface area contributed by atoms with Crippen LogP contribution in [0, 0.1) is 0 Å². The summed E-state index contributed by atoms with van der Waals surface area (Å²) in [6.07, 6.45) is 7.87. The largest absolute Gasteiger partial charge is 0.508 e. The number of carbonyl (C=O) groups is 1. The number of rotatable bonds is 5. The van der Waals surface area contributed by atoms with E-state index in [0.29, 0.717) is 11.5 Å². The van der Waals surface area contributed by atoms with Gasteiger partial charge in [0.2, 0.25) is 5.76 Å². The monoisotopic (exact) mass is 383 g/mol. The van der Waals surface area contributed by atoms with Crippen LogP contribution in [0.5, 0.6) is 5.75 Å². The Morgan fingerprint density at radius 1 is 1.18 bits per heavy atom. The van der Waals surface area contributed by atoms with Gasteiger partial charge in [0.1, 0.15) is 5.75 Å². The van der Waals surface area contributed by atoms with Gasteiger partial charge in [0.15, 0.2) is 0 Å². The lowest BCUT2D eigenvalue weighted by Crippen LogP contribution is -2.36. The lowest BCUT2D eigenvalue weighted by atomic mass is 9.94. The summed E-state index contributed by atoms with van der Waals surface area (Å²) in [5, 5.41) is 17.0. The van der Waals surface area contributed by atoms with Crippen LogP contribution >= 0.6 is 0 Å². The number of hydrogen-bond donors (Lipinski definition) is 2. The average Bonchev–Trinajstić information content (AvgIpc) is 3.20. The van der Waals surface area contributed by atoms with Crippen molar-refractivity contribution in [2.24, 2.45) is 0 Å². The Labute approximate surface area is 165 Å². The van der Waals surface area contributed by atoms with E-state index in [2.05, 4.69) is 15.4 Å². The Kier molecular flexibility index (Phi) is 5.95. The molecule has 1 aliphatic carbocycles. The maximum absolute atomic E-state index is 12.5. The van der Waals surface area contributed by atoms with Gasteiger partial charge in [-0.3, -0.25) is 9.69 Å². The molecule has 1 aliphatic heterocycles. The van der Waals surface area contributed by atoms with Gasteiger partial charge in [-0.15, -0.1) is 0 Å². The second kappa shape index (κ2) is 8.78. The van der Waals surface area contributed by atoms with E-state index in [4.69, 9.17) is 4.52 Å². The molecule has 1 saturated carbocycles. The van der Waals surface area contributed by atoms with Crippen molar-refractivity contribution in [3.63, 3.8) is 0 Å². The zero-order valence-electron chi connectivity index (χ0n) is 16.3. The summed E-state index contributed by atoms with van der Waals surface area (Å²) < 4.78 is 5.38. The van der Waals surface area contributed by atoms with Crippen molar-refractivity contribution in [1.82, 2.24) is 15.4 Å². The number of nitrogens with one attached hydrogen (secondary N) is 1. The van der Waals surface area contributed by atoms with Gasteiger partial charge in [0.25, 0.3) is 5.91 Å². The lowest BCUT2D eigenvalue weighted by Gasteiger charge is -2.31. The minimum absolute atomic E-state index is 0.141. The summed E-state index contributed by atoms with van der Waals surface area (Å²) in [6, 6.07) is 9.50. The third kappa shape index (κ3) is 4.73. The fraction of sp³-hybridized carbons (Fsp3) is 0.545. The molecule has 6 nitrogen and oxygen atoms in total. The summed E-state index contributed by atoms with van der Waals surface area (Å²) in [5.74, 6) is 0.756. The first-order chi connectivity index (χ1) is 13.7. The predicted octanol–water partition coefficient (Wildman–Crippen LogP) is 3.82. The first-order valence-corrected chi connectivity index (χ1v) is 10.4. The van der Waals surface area contributed by atoms with Crippen molar-refractivity contribution in [2.45, 2.75) is 63.5 Å². The van der Waals surface area contributed by atoms with Gasteiger partial charge in [-0.2, -0.15) is 0 Å². The molecule has 1 atom stereocenters. The number of benzene rings is 1. The second-order valence-corrected chi connectivity index (χ2v) is 8.17. The lowest BCUT2D eigenvalue weighted by molar-refractivity contribution is 0.0890.